The van der Waals surface area contributed by atoms with Gasteiger partial charge in [0.05, 0.1) is 6.61 Å². The maximum atomic E-state index is 5.77. The normalized spacial score (nSPS) is 10.2. The summed E-state index contributed by atoms with van der Waals surface area (Å²) in [7, 11) is 1.59. The molecule has 0 saturated carbocycles. The first-order valence-electron chi connectivity index (χ1n) is 3.43. The monoisotopic (exact) mass is 187 g/mol. The number of ether oxygens (including phenoxy) is 1. The average Bonchev–Trinajstić information content (AvgIpc) is 2.06. The van der Waals surface area contributed by atoms with E-state index in [2.05, 4.69) is 10.2 Å². The fourth-order valence-corrected chi connectivity index (χ4v) is 1.09. The third-order valence-corrected chi connectivity index (χ3v) is 1.92. The second-order valence-electron chi connectivity index (χ2n) is 2.41. The highest BCUT2D eigenvalue weighted by Gasteiger charge is 2.08. The van der Waals surface area contributed by atoms with Gasteiger partial charge in [0.15, 0.2) is 5.15 Å². The maximum absolute atomic E-state index is 5.77. The van der Waals surface area contributed by atoms with E-state index < -0.39 is 0 Å². The van der Waals surface area contributed by atoms with Crippen LogP contribution in [-0.2, 0) is 11.3 Å². The molecule has 0 amide bonds. The van der Waals surface area contributed by atoms with Crippen LogP contribution in [0.5, 0.6) is 0 Å². The molecule has 0 atom stereocenters. The van der Waals surface area contributed by atoms with E-state index in [4.69, 9.17) is 22.1 Å². The number of halogens is 1. The van der Waals surface area contributed by atoms with Crippen molar-refractivity contribution in [2.45, 2.75) is 13.5 Å². The Labute approximate surface area is 75.7 Å². The van der Waals surface area contributed by atoms with E-state index in [9.17, 15) is 0 Å². The van der Waals surface area contributed by atoms with Gasteiger partial charge < -0.3 is 10.5 Å². The number of hydrogen-bond donors (Lipinski definition) is 1. The van der Waals surface area contributed by atoms with Crippen molar-refractivity contribution in [3.63, 3.8) is 0 Å². The lowest BCUT2D eigenvalue weighted by Crippen LogP contribution is -2.03. The van der Waals surface area contributed by atoms with E-state index in [-0.39, 0.29) is 0 Å². The third kappa shape index (κ3) is 1.65. The van der Waals surface area contributed by atoms with Gasteiger partial charge in [-0.25, -0.2) is 0 Å². The molecule has 1 heterocycles. The van der Waals surface area contributed by atoms with Crippen molar-refractivity contribution in [3.05, 3.63) is 16.3 Å². The lowest BCUT2D eigenvalue weighted by Gasteiger charge is -2.06. The van der Waals surface area contributed by atoms with Crippen LogP contribution in [0.1, 0.15) is 11.1 Å². The summed E-state index contributed by atoms with van der Waals surface area (Å²) < 4.78 is 4.94. The van der Waals surface area contributed by atoms with Crippen LogP contribution < -0.4 is 5.73 Å². The van der Waals surface area contributed by atoms with E-state index in [1.54, 1.807) is 7.11 Å². The van der Waals surface area contributed by atoms with Gasteiger partial charge in [-0.3, -0.25) is 0 Å². The SMILES string of the molecule is COCc1c(Cl)nnc(N)c1C. The third-order valence-electron chi connectivity index (χ3n) is 1.62. The Morgan fingerprint density at radius 2 is 2.17 bits per heavy atom. The summed E-state index contributed by atoms with van der Waals surface area (Å²) in [6.45, 7) is 2.24. The van der Waals surface area contributed by atoms with Crippen LogP contribution in [0.4, 0.5) is 5.82 Å². The van der Waals surface area contributed by atoms with Crippen molar-refractivity contribution in [1.82, 2.24) is 10.2 Å². The zero-order valence-corrected chi connectivity index (χ0v) is 7.72. The molecule has 1 aromatic rings. The summed E-state index contributed by atoms with van der Waals surface area (Å²) >= 11 is 5.77. The first kappa shape index (κ1) is 9.22. The van der Waals surface area contributed by atoms with Gasteiger partial charge in [-0.05, 0) is 6.92 Å². The van der Waals surface area contributed by atoms with Crippen LogP contribution in [0.15, 0.2) is 0 Å². The summed E-state index contributed by atoms with van der Waals surface area (Å²) in [6, 6.07) is 0. The van der Waals surface area contributed by atoms with Crippen LogP contribution in [0.2, 0.25) is 5.15 Å². The summed E-state index contributed by atoms with van der Waals surface area (Å²) in [6.07, 6.45) is 0. The number of nitrogens with two attached hydrogens (primary N) is 1. The molecular formula is C7H10ClN3O. The smallest absolute Gasteiger partial charge is 0.157 e. The molecule has 66 valence electrons. The Balaban J connectivity index is 3.14. The second-order valence-corrected chi connectivity index (χ2v) is 2.77. The zero-order valence-electron chi connectivity index (χ0n) is 6.97. The molecule has 0 aliphatic heterocycles. The molecule has 0 aliphatic carbocycles. The van der Waals surface area contributed by atoms with Crippen LogP contribution >= 0.6 is 11.6 Å². The standard InChI is InChI=1S/C7H10ClN3O/c1-4-5(3-12-2)6(8)10-11-7(4)9/h3H2,1-2H3,(H2,9,11). The van der Waals surface area contributed by atoms with Crippen LogP contribution in [-0.4, -0.2) is 17.3 Å². The molecule has 0 aliphatic rings. The van der Waals surface area contributed by atoms with Crippen molar-refractivity contribution >= 4 is 17.4 Å². The molecule has 0 unspecified atom stereocenters. The minimum atomic E-state index is 0.351. The predicted octanol–water partition coefficient (Wildman–Crippen LogP) is 1.17. The lowest BCUT2D eigenvalue weighted by molar-refractivity contribution is 0.184. The van der Waals surface area contributed by atoms with Crippen LogP contribution in [0.3, 0.4) is 0 Å². The first-order chi connectivity index (χ1) is 5.66. The highest BCUT2D eigenvalue weighted by Crippen LogP contribution is 2.20. The summed E-state index contributed by atoms with van der Waals surface area (Å²) in [4.78, 5) is 0. The average molecular weight is 188 g/mol. The number of aromatic nitrogens is 2. The summed E-state index contributed by atoms with van der Waals surface area (Å²) in [5, 5.41) is 7.68. The molecule has 5 heteroatoms. The molecule has 0 spiro atoms. The van der Waals surface area contributed by atoms with Gasteiger partial charge in [-0.2, -0.15) is 0 Å². The van der Waals surface area contributed by atoms with Gasteiger partial charge in [0.2, 0.25) is 0 Å². The minimum absolute atomic E-state index is 0.351. The highest BCUT2D eigenvalue weighted by atomic mass is 35.5. The van der Waals surface area contributed by atoms with E-state index >= 15 is 0 Å². The van der Waals surface area contributed by atoms with Gasteiger partial charge in [0, 0.05) is 18.2 Å². The van der Waals surface area contributed by atoms with Crippen molar-refractivity contribution in [2.24, 2.45) is 0 Å². The molecule has 1 aromatic heterocycles. The lowest BCUT2D eigenvalue weighted by atomic mass is 10.2. The van der Waals surface area contributed by atoms with Crippen molar-refractivity contribution in [2.75, 3.05) is 12.8 Å². The van der Waals surface area contributed by atoms with E-state index in [1.807, 2.05) is 6.92 Å². The quantitative estimate of drug-likeness (QED) is 0.755. The zero-order chi connectivity index (χ0) is 9.14. The molecular weight excluding hydrogens is 178 g/mol. The number of methoxy groups -OCH3 is 1. The summed E-state index contributed by atoms with van der Waals surface area (Å²) in [5.41, 5.74) is 7.16. The Hall–Kier alpha value is -0.870. The number of hydrogen-bond acceptors (Lipinski definition) is 4. The van der Waals surface area contributed by atoms with Crippen LogP contribution in [0.25, 0.3) is 0 Å². The predicted molar refractivity (Wildman–Crippen MR) is 46.9 cm³/mol. The van der Waals surface area contributed by atoms with Crippen molar-refractivity contribution in [3.8, 4) is 0 Å². The van der Waals surface area contributed by atoms with E-state index in [1.165, 1.54) is 0 Å². The summed E-state index contributed by atoms with van der Waals surface area (Å²) in [5.74, 6) is 0.395. The number of nitrogen functional groups attached to an aromatic ring is 1. The maximum Gasteiger partial charge on any atom is 0.157 e. The largest absolute Gasteiger partial charge is 0.382 e. The topological polar surface area (TPSA) is 61.0 Å². The second kappa shape index (κ2) is 3.69. The Morgan fingerprint density at radius 1 is 1.50 bits per heavy atom. The van der Waals surface area contributed by atoms with Gasteiger partial charge in [0.25, 0.3) is 0 Å². The van der Waals surface area contributed by atoms with Gasteiger partial charge in [-0.1, -0.05) is 11.6 Å². The molecule has 0 aromatic carbocycles. The molecule has 12 heavy (non-hydrogen) atoms. The Bertz CT molecular complexity index is 290. The molecule has 0 bridgehead atoms. The van der Waals surface area contributed by atoms with Gasteiger partial charge in [0.1, 0.15) is 5.82 Å². The van der Waals surface area contributed by atoms with Gasteiger partial charge >= 0.3 is 0 Å². The van der Waals surface area contributed by atoms with Gasteiger partial charge in [-0.15, -0.1) is 10.2 Å². The number of anilines is 1. The molecule has 4 nitrogen and oxygen atoms in total. The minimum Gasteiger partial charge on any atom is -0.382 e. The molecule has 1 rings (SSSR count). The molecule has 2 N–H and O–H groups in total. The van der Waals surface area contributed by atoms with Crippen molar-refractivity contribution < 1.29 is 4.74 Å². The fraction of sp³-hybridized carbons (Fsp3) is 0.429. The molecule has 0 fully saturated rings. The van der Waals surface area contributed by atoms with Crippen LogP contribution in [0, 0.1) is 6.92 Å². The van der Waals surface area contributed by atoms with E-state index in [0.717, 1.165) is 11.1 Å². The number of rotatable bonds is 2. The first-order valence-corrected chi connectivity index (χ1v) is 3.80. The molecule has 0 saturated heterocycles. The Kier molecular flexibility index (Phi) is 2.83. The fourth-order valence-electron chi connectivity index (χ4n) is 0.855. The highest BCUT2D eigenvalue weighted by molar-refractivity contribution is 6.30. The number of nitrogens with zero attached hydrogens (tertiary/aromatic N) is 2. The van der Waals surface area contributed by atoms with Crippen molar-refractivity contribution in [1.29, 1.82) is 0 Å². The molecule has 0 radical (unpaired) electrons. The Morgan fingerprint density at radius 3 is 2.75 bits per heavy atom. The van der Waals surface area contributed by atoms with E-state index in [0.29, 0.717) is 17.6 Å².